The lowest BCUT2D eigenvalue weighted by atomic mass is 9.99. The van der Waals surface area contributed by atoms with Gasteiger partial charge in [0.1, 0.15) is 0 Å². The van der Waals surface area contributed by atoms with Gasteiger partial charge in [0.05, 0.1) is 0 Å². The smallest absolute Gasteiger partial charge is 0.192 e. The minimum absolute atomic E-state index is 0.137. The summed E-state index contributed by atoms with van der Waals surface area (Å²) in [7, 11) is -1.93. The predicted molar refractivity (Wildman–Crippen MR) is 101 cm³/mol. The van der Waals surface area contributed by atoms with Crippen LogP contribution in [-0.2, 0) is 15.6 Å². The zero-order valence-electron chi connectivity index (χ0n) is 15.6. The lowest BCUT2D eigenvalue weighted by Crippen LogP contribution is -2.43. The number of halogens is 1. The van der Waals surface area contributed by atoms with Gasteiger partial charge in [-0.15, -0.1) is 0 Å². The fraction of sp³-hybridized carbons (Fsp3) is 0.550. The molecule has 0 radical (unpaired) electrons. The number of benzene rings is 1. The SMILES string of the molecule is CCCC(C)(C)[Si](C)(C)OC[C@@H](C=C(F)C=O)Cc1ccccc1. The van der Waals surface area contributed by atoms with Gasteiger partial charge in [-0.3, -0.25) is 4.79 Å². The Balaban J connectivity index is 2.83. The molecule has 2 nitrogen and oxygen atoms in total. The molecule has 0 aromatic heterocycles. The first kappa shape index (κ1) is 20.8. The van der Waals surface area contributed by atoms with Gasteiger partial charge >= 0.3 is 0 Å². The average Bonchev–Trinajstić information content (AvgIpc) is 2.53. The first-order valence-electron chi connectivity index (χ1n) is 8.72. The molecule has 0 saturated carbocycles. The maximum absolute atomic E-state index is 13.5. The molecule has 0 saturated heterocycles. The molecule has 0 heterocycles. The van der Waals surface area contributed by atoms with Crippen LogP contribution in [0.15, 0.2) is 42.2 Å². The van der Waals surface area contributed by atoms with Crippen molar-refractivity contribution >= 4 is 14.6 Å². The summed E-state index contributed by atoms with van der Waals surface area (Å²) in [5.41, 5.74) is 1.12. The largest absolute Gasteiger partial charge is 0.416 e. The molecular weight excluding hydrogens is 319 g/mol. The van der Waals surface area contributed by atoms with E-state index in [4.69, 9.17) is 4.43 Å². The summed E-state index contributed by atoms with van der Waals surface area (Å²) in [5, 5.41) is 0.159. The number of aldehydes is 1. The molecule has 0 bridgehead atoms. The zero-order valence-corrected chi connectivity index (χ0v) is 16.6. The van der Waals surface area contributed by atoms with E-state index >= 15 is 0 Å². The van der Waals surface area contributed by atoms with Crippen LogP contribution in [0.5, 0.6) is 0 Å². The van der Waals surface area contributed by atoms with Crippen molar-refractivity contribution in [2.45, 2.75) is 58.2 Å². The summed E-state index contributed by atoms with van der Waals surface area (Å²) in [6, 6.07) is 9.93. The molecular formula is C20H31FO2Si. The second-order valence-electron chi connectivity index (χ2n) is 7.57. The number of allylic oxidation sites excluding steroid dienone is 1. The van der Waals surface area contributed by atoms with E-state index in [0.29, 0.717) is 13.0 Å². The van der Waals surface area contributed by atoms with Crippen molar-refractivity contribution in [1.29, 1.82) is 0 Å². The molecule has 0 aliphatic carbocycles. The highest BCUT2D eigenvalue weighted by molar-refractivity contribution is 6.74. The highest BCUT2D eigenvalue weighted by atomic mass is 28.4. The molecule has 1 aromatic rings. The molecule has 24 heavy (non-hydrogen) atoms. The zero-order chi connectivity index (χ0) is 18.2. The molecule has 0 aliphatic heterocycles. The summed E-state index contributed by atoms with van der Waals surface area (Å²) >= 11 is 0. The lowest BCUT2D eigenvalue weighted by Gasteiger charge is -2.40. The van der Waals surface area contributed by atoms with E-state index in [1.165, 1.54) is 6.08 Å². The van der Waals surface area contributed by atoms with Gasteiger partial charge in [-0.2, -0.15) is 0 Å². The fourth-order valence-electron chi connectivity index (χ4n) is 2.78. The molecule has 1 aromatic carbocycles. The van der Waals surface area contributed by atoms with Gasteiger partial charge in [-0.1, -0.05) is 57.5 Å². The van der Waals surface area contributed by atoms with Crippen LogP contribution in [0.2, 0.25) is 18.1 Å². The highest BCUT2D eigenvalue weighted by Gasteiger charge is 2.40. The van der Waals surface area contributed by atoms with Crippen molar-refractivity contribution in [2.24, 2.45) is 5.92 Å². The van der Waals surface area contributed by atoms with Crippen LogP contribution >= 0.6 is 0 Å². The van der Waals surface area contributed by atoms with Gasteiger partial charge < -0.3 is 4.43 Å². The lowest BCUT2D eigenvalue weighted by molar-refractivity contribution is -0.106. The van der Waals surface area contributed by atoms with Crippen LogP contribution in [0, 0.1) is 5.92 Å². The third-order valence-electron chi connectivity index (χ3n) is 5.01. The van der Waals surface area contributed by atoms with Crippen LogP contribution in [0.3, 0.4) is 0 Å². The predicted octanol–water partition coefficient (Wildman–Crippen LogP) is 5.70. The van der Waals surface area contributed by atoms with Crippen molar-refractivity contribution in [2.75, 3.05) is 6.61 Å². The Morgan fingerprint density at radius 2 is 1.92 bits per heavy atom. The molecule has 4 heteroatoms. The van der Waals surface area contributed by atoms with Gasteiger partial charge in [0.15, 0.2) is 20.4 Å². The average molecular weight is 351 g/mol. The van der Waals surface area contributed by atoms with Crippen molar-refractivity contribution in [3.05, 3.63) is 47.8 Å². The van der Waals surface area contributed by atoms with E-state index in [0.717, 1.165) is 18.4 Å². The molecule has 134 valence electrons. The molecule has 0 fully saturated rings. The molecule has 1 atom stereocenters. The molecule has 0 spiro atoms. The minimum atomic E-state index is -1.93. The monoisotopic (exact) mass is 350 g/mol. The van der Waals surface area contributed by atoms with Crippen LogP contribution in [0.1, 0.15) is 39.2 Å². The number of carbonyl (C=O) groups excluding carboxylic acids is 1. The van der Waals surface area contributed by atoms with Crippen LogP contribution in [-0.4, -0.2) is 21.2 Å². The first-order valence-corrected chi connectivity index (χ1v) is 11.6. The Hall–Kier alpha value is -1.26. The highest BCUT2D eigenvalue weighted by Crippen LogP contribution is 2.42. The maximum atomic E-state index is 13.5. The second-order valence-corrected chi connectivity index (χ2v) is 12.2. The standard InChI is InChI=1S/C20H31FO2Si/c1-6-12-20(2,3)24(4,5)23-16-18(14-19(21)15-22)13-17-10-8-7-9-11-17/h7-11,14-15,18H,6,12-13,16H2,1-5H3/t18-/m1/s1. The fourth-order valence-corrected chi connectivity index (χ4v) is 4.66. The Morgan fingerprint density at radius 1 is 1.29 bits per heavy atom. The van der Waals surface area contributed by atoms with Crippen molar-refractivity contribution in [1.82, 2.24) is 0 Å². The molecule has 0 amide bonds. The minimum Gasteiger partial charge on any atom is -0.416 e. The Kier molecular flexibility index (Phi) is 8.04. The number of hydrogen-bond donors (Lipinski definition) is 0. The van der Waals surface area contributed by atoms with Crippen molar-refractivity contribution in [3.63, 3.8) is 0 Å². The van der Waals surface area contributed by atoms with Gasteiger partial charge in [0, 0.05) is 12.5 Å². The number of rotatable bonds is 10. The van der Waals surface area contributed by atoms with E-state index in [9.17, 15) is 9.18 Å². The first-order chi connectivity index (χ1) is 11.2. The third kappa shape index (κ3) is 6.33. The summed E-state index contributed by atoms with van der Waals surface area (Å²) < 4.78 is 19.8. The van der Waals surface area contributed by atoms with Crippen molar-refractivity contribution in [3.8, 4) is 0 Å². The Morgan fingerprint density at radius 3 is 2.46 bits per heavy atom. The molecule has 1 rings (SSSR count). The molecule has 0 aliphatic rings. The van der Waals surface area contributed by atoms with Crippen molar-refractivity contribution < 1.29 is 13.6 Å². The van der Waals surface area contributed by atoms with Crippen LogP contribution in [0.25, 0.3) is 0 Å². The summed E-state index contributed by atoms with van der Waals surface area (Å²) in [6.07, 6.45) is 4.58. The number of carbonyl (C=O) groups is 1. The summed E-state index contributed by atoms with van der Waals surface area (Å²) in [6.45, 7) is 11.6. The number of hydrogen-bond acceptors (Lipinski definition) is 2. The Bertz CT molecular complexity index is 538. The van der Waals surface area contributed by atoms with Gasteiger partial charge in [0.2, 0.25) is 0 Å². The Labute approximate surface area is 147 Å². The summed E-state index contributed by atoms with van der Waals surface area (Å²) in [4.78, 5) is 10.7. The molecule has 0 unspecified atom stereocenters. The molecule has 0 N–H and O–H groups in total. The van der Waals surface area contributed by atoms with Gasteiger partial charge in [0.25, 0.3) is 0 Å². The quantitative estimate of drug-likeness (QED) is 0.307. The topological polar surface area (TPSA) is 26.3 Å². The van der Waals surface area contributed by atoms with E-state index in [2.05, 4.69) is 33.9 Å². The third-order valence-corrected chi connectivity index (χ3v) is 9.41. The van der Waals surface area contributed by atoms with E-state index < -0.39 is 14.1 Å². The second kappa shape index (κ2) is 9.28. The van der Waals surface area contributed by atoms with Gasteiger partial charge in [-0.05, 0) is 42.6 Å². The summed E-state index contributed by atoms with van der Waals surface area (Å²) in [5.74, 6) is -0.853. The maximum Gasteiger partial charge on any atom is 0.192 e. The van der Waals surface area contributed by atoms with Crippen LogP contribution in [0.4, 0.5) is 4.39 Å². The van der Waals surface area contributed by atoms with E-state index in [-0.39, 0.29) is 17.2 Å². The van der Waals surface area contributed by atoms with Gasteiger partial charge in [-0.25, -0.2) is 4.39 Å². The van der Waals surface area contributed by atoms with Crippen LogP contribution < -0.4 is 0 Å². The van der Waals surface area contributed by atoms with E-state index in [1.54, 1.807) is 0 Å². The normalized spacial score (nSPS) is 14.5. The van der Waals surface area contributed by atoms with E-state index in [1.807, 2.05) is 30.3 Å².